The highest BCUT2D eigenvalue weighted by Gasteiger charge is 2.16. The van der Waals surface area contributed by atoms with Crippen LogP contribution in [0.15, 0.2) is 18.2 Å². The van der Waals surface area contributed by atoms with E-state index in [-0.39, 0.29) is 6.04 Å². The molecule has 1 N–H and O–H groups in total. The molecule has 5 heteroatoms. The zero-order chi connectivity index (χ0) is 14.0. The van der Waals surface area contributed by atoms with Gasteiger partial charge >= 0.3 is 0 Å². The third-order valence-electron chi connectivity index (χ3n) is 3.13. The molecule has 0 aliphatic carbocycles. The molecule has 1 atom stereocenters. The Hall–Kier alpha value is -0.170. The molecular weight excluding hydrogens is 391 g/mol. The Morgan fingerprint density at radius 2 is 2.16 bits per heavy atom. The van der Waals surface area contributed by atoms with Crippen molar-refractivity contribution in [3.05, 3.63) is 47.9 Å². The smallest absolute Gasteiger partial charge is 0.0949 e. The maximum Gasteiger partial charge on any atom is 0.0949 e. The lowest BCUT2D eigenvalue weighted by atomic mass is 10.0. The minimum Gasteiger partial charge on any atom is -0.313 e. The molecule has 0 saturated carbocycles. The van der Waals surface area contributed by atoms with Crippen molar-refractivity contribution in [2.45, 2.75) is 26.3 Å². The Bertz CT molecular complexity index is 563. The Balaban J connectivity index is 2.27. The fourth-order valence-corrected chi connectivity index (χ4v) is 3.82. The van der Waals surface area contributed by atoms with Crippen LogP contribution in [0.2, 0.25) is 5.02 Å². The van der Waals surface area contributed by atoms with Gasteiger partial charge in [0.25, 0.3) is 0 Å². The third-order valence-corrected chi connectivity index (χ3v) is 5.45. The summed E-state index contributed by atoms with van der Waals surface area (Å²) in [4.78, 5) is 5.92. The van der Waals surface area contributed by atoms with E-state index in [2.05, 4.69) is 52.8 Å². The summed E-state index contributed by atoms with van der Waals surface area (Å²) < 4.78 is 1.23. The van der Waals surface area contributed by atoms with E-state index in [1.54, 1.807) is 11.3 Å². The van der Waals surface area contributed by atoms with Gasteiger partial charge < -0.3 is 5.32 Å². The van der Waals surface area contributed by atoms with E-state index < -0.39 is 0 Å². The van der Waals surface area contributed by atoms with Crippen LogP contribution in [0, 0.1) is 17.4 Å². The third kappa shape index (κ3) is 3.68. The fraction of sp³-hybridized carbons (Fsp3) is 0.357. The molecule has 2 rings (SSSR count). The number of hydrogen-bond acceptors (Lipinski definition) is 3. The number of halogens is 2. The normalized spacial score (nSPS) is 12.7. The number of nitrogens with zero attached hydrogens (tertiary/aromatic N) is 1. The molecule has 1 heterocycles. The van der Waals surface area contributed by atoms with Crippen molar-refractivity contribution in [1.82, 2.24) is 10.3 Å². The zero-order valence-corrected chi connectivity index (χ0v) is 14.9. The predicted molar refractivity (Wildman–Crippen MR) is 91.3 cm³/mol. The molecular formula is C14H16ClIN2S. The van der Waals surface area contributed by atoms with Crippen molar-refractivity contribution < 1.29 is 0 Å². The van der Waals surface area contributed by atoms with Crippen molar-refractivity contribution in [3.8, 4) is 0 Å². The van der Waals surface area contributed by atoms with Crippen LogP contribution in [0.25, 0.3) is 0 Å². The standard InChI is InChI=1S/C14H16ClIN2S/c1-8-9(2)19-14(18-8)7-13(17-3)11-6-10(15)4-5-12(11)16/h4-6,13,17H,7H2,1-3H3. The molecule has 2 aromatic rings. The first-order valence-electron chi connectivity index (χ1n) is 6.06. The summed E-state index contributed by atoms with van der Waals surface area (Å²) in [6.45, 7) is 4.18. The number of aryl methyl sites for hydroxylation is 2. The minimum absolute atomic E-state index is 0.246. The second-order valence-electron chi connectivity index (χ2n) is 4.46. The van der Waals surface area contributed by atoms with Gasteiger partial charge in [-0.15, -0.1) is 11.3 Å². The molecule has 0 saturated heterocycles. The van der Waals surface area contributed by atoms with Gasteiger partial charge in [0, 0.05) is 25.9 Å². The average Bonchev–Trinajstić information content (AvgIpc) is 2.69. The van der Waals surface area contributed by atoms with Gasteiger partial charge in [-0.05, 0) is 67.2 Å². The quantitative estimate of drug-likeness (QED) is 0.755. The van der Waals surface area contributed by atoms with Crippen LogP contribution in [-0.4, -0.2) is 12.0 Å². The first kappa shape index (κ1) is 15.2. The summed E-state index contributed by atoms with van der Waals surface area (Å²) in [7, 11) is 1.98. The van der Waals surface area contributed by atoms with Gasteiger partial charge in [0.1, 0.15) is 0 Å². The van der Waals surface area contributed by atoms with Crippen LogP contribution in [0.5, 0.6) is 0 Å². The number of benzene rings is 1. The SMILES string of the molecule is CNC(Cc1nc(C)c(C)s1)c1cc(Cl)ccc1I. The lowest BCUT2D eigenvalue weighted by Crippen LogP contribution is -2.19. The summed E-state index contributed by atoms with van der Waals surface area (Å²) >= 11 is 10.2. The van der Waals surface area contributed by atoms with E-state index in [1.807, 2.05) is 19.2 Å². The van der Waals surface area contributed by atoms with Gasteiger partial charge in [0.15, 0.2) is 0 Å². The van der Waals surface area contributed by atoms with Crippen LogP contribution in [0.1, 0.15) is 27.2 Å². The monoisotopic (exact) mass is 406 g/mol. The second kappa shape index (κ2) is 6.52. The molecule has 1 unspecified atom stereocenters. The van der Waals surface area contributed by atoms with Crippen LogP contribution < -0.4 is 5.32 Å². The van der Waals surface area contributed by atoms with E-state index in [9.17, 15) is 0 Å². The van der Waals surface area contributed by atoms with Gasteiger partial charge in [-0.3, -0.25) is 0 Å². The van der Waals surface area contributed by atoms with Crippen molar-refractivity contribution in [3.63, 3.8) is 0 Å². The maximum absolute atomic E-state index is 6.11. The van der Waals surface area contributed by atoms with Gasteiger partial charge in [-0.25, -0.2) is 4.98 Å². The summed E-state index contributed by atoms with van der Waals surface area (Å²) in [5.74, 6) is 0. The van der Waals surface area contributed by atoms with Crippen LogP contribution in [0.4, 0.5) is 0 Å². The maximum atomic E-state index is 6.11. The van der Waals surface area contributed by atoms with E-state index >= 15 is 0 Å². The molecule has 0 radical (unpaired) electrons. The first-order chi connectivity index (χ1) is 9.01. The number of nitrogens with one attached hydrogen (secondary N) is 1. The molecule has 0 amide bonds. The molecule has 0 bridgehead atoms. The molecule has 19 heavy (non-hydrogen) atoms. The highest BCUT2D eigenvalue weighted by molar-refractivity contribution is 14.1. The lowest BCUT2D eigenvalue weighted by molar-refractivity contribution is 0.587. The minimum atomic E-state index is 0.246. The summed E-state index contributed by atoms with van der Waals surface area (Å²) in [5, 5.41) is 5.32. The highest BCUT2D eigenvalue weighted by Crippen LogP contribution is 2.28. The van der Waals surface area contributed by atoms with E-state index in [4.69, 9.17) is 11.6 Å². The van der Waals surface area contributed by atoms with Gasteiger partial charge in [-0.1, -0.05) is 11.6 Å². The van der Waals surface area contributed by atoms with Crippen molar-refractivity contribution >= 4 is 45.5 Å². The number of thiazole rings is 1. The molecule has 0 spiro atoms. The van der Waals surface area contributed by atoms with E-state index in [1.165, 1.54) is 19.0 Å². The fourth-order valence-electron chi connectivity index (χ4n) is 1.95. The predicted octanol–water partition coefficient (Wildman–Crippen LogP) is 4.52. The molecule has 2 nitrogen and oxygen atoms in total. The van der Waals surface area contributed by atoms with Crippen LogP contribution in [-0.2, 0) is 6.42 Å². The molecule has 102 valence electrons. The zero-order valence-electron chi connectivity index (χ0n) is 11.1. The first-order valence-corrected chi connectivity index (χ1v) is 8.33. The molecule has 0 aliphatic rings. The van der Waals surface area contributed by atoms with E-state index in [0.717, 1.165) is 17.1 Å². The summed E-state index contributed by atoms with van der Waals surface area (Å²) in [6, 6.07) is 6.27. The second-order valence-corrected chi connectivity index (χ2v) is 7.35. The Morgan fingerprint density at radius 3 is 2.74 bits per heavy atom. The highest BCUT2D eigenvalue weighted by atomic mass is 127. The Kier molecular flexibility index (Phi) is 5.22. The van der Waals surface area contributed by atoms with Gasteiger partial charge in [-0.2, -0.15) is 0 Å². The van der Waals surface area contributed by atoms with Crippen LogP contribution in [0.3, 0.4) is 0 Å². The molecule has 1 aromatic carbocycles. The Morgan fingerprint density at radius 1 is 1.42 bits per heavy atom. The molecule has 1 aromatic heterocycles. The lowest BCUT2D eigenvalue weighted by Gasteiger charge is -2.17. The van der Waals surface area contributed by atoms with E-state index in [0.29, 0.717) is 0 Å². The summed E-state index contributed by atoms with van der Waals surface area (Å²) in [6.07, 6.45) is 0.895. The van der Waals surface area contributed by atoms with Crippen LogP contribution >= 0.6 is 45.5 Å². The number of hydrogen-bond donors (Lipinski definition) is 1. The number of aromatic nitrogens is 1. The van der Waals surface area contributed by atoms with Gasteiger partial charge in [0.05, 0.1) is 10.7 Å². The number of likely N-dealkylation sites (N-methyl/N-ethyl adjacent to an activating group) is 1. The van der Waals surface area contributed by atoms with Crippen molar-refractivity contribution in [1.29, 1.82) is 0 Å². The van der Waals surface area contributed by atoms with Crippen molar-refractivity contribution in [2.24, 2.45) is 0 Å². The largest absolute Gasteiger partial charge is 0.313 e. The van der Waals surface area contributed by atoms with Gasteiger partial charge in [0.2, 0.25) is 0 Å². The van der Waals surface area contributed by atoms with Crippen molar-refractivity contribution in [2.75, 3.05) is 7.05 Å². The topological polar surface area (TPSA) is 24.9 Å². The molecule has 0 aliphatic heterocycles. The summed E-state index contributed by atoms with van der Waals surface area (Å²) in [5.41, 5.74) is 2.37. The number of rotatable bonds is 4. The molecule has 0 fully saturated rings. The Labute approximate surface area is 136 Å². The average molecular weight is 407 g/mol.